The van der Waals surface area contributed by atoms with Gasteiger partial charge in [-0.1, -0.05) is 12.1 Å². The maximum Gasteiger partial charge on any atom is 0.317 e. The van der Waals surface area contributed by atoms with Crippen LogP contribution in [0.15, 0.2) is 24.3 Å². The Morgan fingerprint density at radius 2 is 1.89 bits per heavy atom. The van der Waals surface area contributed by atoms with Crippen LogP contribution in [0, 0.1) is 6.92 Å². The molecule has 3 heterocycles. The Kier molecular flexibility index (Phi) is 5.82. The van der Waals surface area contributed by atoms with Crippen LogP contribution in [0.2, 0.25) is 0 Å². The number of piperazine rings is 1. The minimum absolute atomic E-state index is 0.0458. The molecule has 7 nitrogen and oxygen atoms in total. The second-order valence-electron chi connectivity index (χ2n) is 8.06. The van der Waals surface area contributed by atoms with E-state index in [2.05, 4.69) is 10.2 Å². The van der Waals surface area contributed by atoms with E-state index in [4.69, 9.17) is 4.74 Å². The van der Waals surface area contributed by atoms with E-state index in [1.54, 1.807) is 4.90 Å². The van der Waals surface area contributed by atoms with Crippen LogP contribution in [0.3, 0.4) is 0 Å². The molecule has 1 aromatic rings. The molecule has 0 aromatic heterocycles. The molecular formula is C21H30N4O3. The highest BCUT2D eigenvalue weighted by Crippen LogP contribution is 2.23. The van der Waals surface area contributed by atoms with Gasteiger partial charge in [-0.2, -0.15) is 0 Å². The fraction of sp³-hybridized carbons (Fsp3) is 0.619. The van der Waals surface area contributed by atoms with Gasteiger partial charge in [-0.25, -0.2) is 4.79 Å². The van der Waals surface area contributed by atoms with E-state index < -0.39 is 0 Å². The molecular weight excluding hydrogens is 356 g/mol. The summed E-state index contributed by atoms with van der Waals surface area (Å²) in [6.45, 7) is 7.56. The summed E-state index contributed by atoms with van der Waals surface area (Å²) in [5.74, 6) is 0.0697. The van der Waals surface area contributed by atoms with Gasteiger partial charge in [0.2, 0.25) is 5.91 Å². The first-order chi connectivity index (χ1) is 13.6. The Labute approximate surface area is 166 Å². The van der Waals surface area contributed by atoms with Crippen molar-refractivity contribution in [2.45, 2.75) is 38.3 Å². The van der Waals surface area contributed by atoms with Crippen molar-refractivity contribution in [1.82, 2.24) is 15.1 Å². The van der Waals surface area contributed by atoms with Crippen molar-refractivity contribution in [3.05, 3.63) is 29.8 Å². The third kappa shape index (κ3) is 4.31. The number of anilines is 1. The lowest BCUT2D eigenvalue weighted by Crippen LogP contribution is -2.56. The van der Waals surface area contributed by atoms with Crippen molar-refractivity contribution in [2.75, 3.05) is 50.8 Å². The average molecular weight is 386 g/mol. The molecule has 0 spiro atoms. The Morgan fingerprint density at radius 1 is 1.14 bits per heavy atom. The fourth-order valence-corrected chi connectivity index (χ4v) is 4.46. The number of nitrogens with zero attached hydrogens (tertiary/aromatic N) is 3. The number of benzene rings is 1. The summed E-state index contributed by atoms with van der Waals surface area (Å²) in [5.41, 5.74) is 2.03. The highest BCUT2D eigenvalue weighted by molar-refractivity contribution is 5.96. The summed E-state index contributed by atoms with van der Waals surface area (Å²) >= 11 is 0. The lowest BCUT2D eigenvalue weighted by molar-refractivity contribution is -0.117. The van der Waals surface area contributed by atoms with E-state index in [-0.39, 0.29) is 18.0 Å². The van der Waals surface area contributed by atoms with Crippen LogP contribution in [0.1, 0.15) is 24.8 Å². The zero-order valence-corrected chi connectivity index (χ0v) is 16.6. The standard InChI is InChI=1S/C21H30N4O3/c1-16-3-2-4-19(13-16)25-15-17(14-20(25)26)22-21(27)24-9-7-23(8-10-24)18-5-11-28-12-6-18/h2-4,13,17-18H,5-12,14-15H2,1H3,(H,22,27)/t17-/m0/s1. The van der Waals surface area contributed by atoms with E-state index in [1.807, 2.05) is 36.1 Å². The molecule has 0 aliphatic carbocycles. The molecule has 0 unspecified atom stereocenters. The van der Waals surface area contributed by atoms with Crippen molar-refractivity contribution >= 4 is 17.6 Å². The first-order valence-electron chi connectivity index (χ1n) is 10.3. The Morgan fingerprint density at radius 3 is 2.61 bits per heavy atom. The number of aryl methyl sites for hydroxylation is 1. The van der Waals surface area contributed by atoms with Gasteiger partial charge in [0.05, 0.1) is 6.04 Å². The number of urea groups is 1. The molecule has 1 aromatic carbocycles. The molecule has 4 rings (SSSR count). The van der Waals surface area contributed by atoms with Gasteiger partial charge in [-0.05, 0) is 37.5 Å². The third-order valence-electron chi connectivity index (χ3n) is 6.07. The van der Waals surface area contributed by atoms with Gasteiger partial charge in [0.1, 0.15) is 0 Å². The summed E-state index contributed by atoms with van der Waals surface area (Å²) in [4.78, 5) is 31.3. The molecule has 1 atom stereocenters. The van der Waals surface area contributed by atoms with Crippen molar-refractivity contribution in [2.24, 2.45) is 0 Å². The van der Waals surface area contributed by atoms with E-state index in [0.717, 1.165) is 63.5 Å². The summed E-state index contributed by atoms with van der Waals surface area (Å²) in [6.07, 6.45) is 2.54. The minimum Gasteiger partial charge on any atom is -0.381 e. The third-order valence-corrected chi connectivity index (χ3v) is 6.07. The molecule has 1 N–H and O–H groups in total. The van der Waals surface area contributed by atoms with Crippen LogP contribution in [0.25, 0.3) is 0 Å². The van der Waals surface area contributed by atoms with Gasteiger partial charge in [0, 0.05) is 64.1 Å². The number of nitrogens with one attached hydrogen (secondary N) is 1. The largest absolute Gasteiger partial charge is 0.381 e. The molecule has 0 bridgehead atoms. The second kappa shape index (κ2) is 8.49. The van der Waals surface area contributed by atoms with E-state index >= 15 is 0 Å². The van der Waals surface area contributed by atoms with Gasteiger partial charge in [-0.15, -0.1) is 0 Å². The van der Waals surface area contributed by atoms with E-state index in [0.29, 0.717) is 19.0 Å². The Balaban J connectivity index is 1.27. The van der Waals surface area contributed by atoms with Crippen molar-refractivity contribution in [1.29, 1.82) is 0 Å². The number of hydrogen-bond acceptors (Lipinski definition) is 4. The number of carbonyl (C=O) groups excluding carboxylic acids is 2. The molecule has 0 saturated carbocycles. The molecule has 152 valence electrons. The molecule has 3 amide bonds. The van der Waals surface area contributed by atoms with Crippen molar-refractivity contribution in [3.63, 3.8) is 0 Å². The Bertz CT molecular complexity index is 711. The van der Waals surface area contributed by atoms with E-state index in [9.17, 15) is 9.59 Å². The summed E-state index contributed by atoms with van der Waals surface area (Å²) in [5, 5.41) is 3.07. The number of amides is 3. The first kappa shape index (κ1) is 19.2. The average Bonchev–Trinajstić information content (AvgIpc) is 3.09. The van der Waals surface area contributed by atoms with Crippen LogP contribution in [0.5, 0.6) is 0 Å². The second-order valence-corrected chi connectivity index (χ2v) is 8.06. The van der Waals surface area contributed by atoms with Crippen LogP contribution < -0.4 is 10.2 Å². The Hall–Kier alpha value is -2.12. The van der Waals surface area contributed by atoms with E-state index in [1.165, 1.54) is 0 Å². The minimum atomic E-state index is -0.131. The van der Waals surface area contributed by atoms with Crippen LogP contribution in [0.4, 0.5) is 10.5 Å². The highest BCUT2D eigenvalue weighted by atomic mass is 16.5. The maximum absolute atomic E-state index is 12.7. The molecule has 0 radical (unpaired) electrons. The maximum atomic E-state index is 12.7. The summed E-state index contributed by atoms with van der Waals surface area (Å²) in [7, 11) is 0. The first-order valence-corrected chi connectivity index (χ1v) is 10.3. The quantitative estimate of drug-likeness (QED) is 0.857. The predicted octanol–water partition coefficient (Wildman–Crippen LogP) is 1.61. The summed E-state index contributed by atoms with van der Waals surface area (Å²) in [6, 6.07) is 8.35. The fourth-order valence-electron chi connectivity index (χ4n) is 4.46. The molecule has 3 fully saturated rings. The SMILES string of the molecule is Cc1cccc(N2C[C@@H](NC(=O)N3CCN(C4CCOCC4)CC3)CC2=O)c1. The normalized spacial score (nSPS) is 24.6. The van der Waals surface area contributed by atoms with Crippen LogP contribution >= 0.6 is 0 Å². The monoisotopic (exact) mass is 386 g/mol. The van der Waals surface area contributed by atoms with Crippen LogP contribution in [-0.2, 0) is 9.53 Å². The van der Waals surface area contributed by atoms with Crippen molar-refractivity contribution in [3.8, 4) is 0 Å². The lowest BCUT2D eigenvalue weighted by Gasteiger charge is -2.40. The molecule has 3 aliphatic rings. The molecule has 3 saturated heterocycles. The topological polar surface area (TPSA) is 65.1 Å². The zero-order valence-electron chi connectivity index (χ0n) is 16.6. The molecule has 3 aliphatic heterocycles. The van der Waals surface area contributed by atoms with Gasteiger partial charge in [0.25, 0.3) is 0 Å². The zero-order chi connectivity index (χ0) is 19.5. The number of hydrogen-bond donors (Lipinski definition) is 1. The van der Waals surface area contributed by atoms with Crippen LogP contribution in [-0.4, -0.2) is 79.8 Å². The lowest BCUT2D eigenvalue weighted by atomic mass is 10.1. The molecule has 28 heavy (non-hydrogen) atoms. The van der Waals surface area contributed by atoms with Crippen molar-refractivity contribution < 1.29 is 14.3 Å². The molecule has 7 heteroatoms. The number of ether oxygens (including phenoxy) is 1. The summed E-state index contributed by atoms with van der Waals surface area (Å²) < 4.78 is 5.45. The number of rotatable bonds is 3. The van der Waals surface area contributed by atoms with Gasteiger partial charge in [0.15, 0.2) is 0 Å². The highest BCUT2D eigenvalue weighted by Gasteiger charge is 2.33. The van der Waals surface area contributed by atoms with Gasteiger partial charge < -0.3 is 19.9 Å². The van der Waals surface area contributed by atoms with Gasteiger partial charge in [-0.3, -0.25) is 9.69 Å². The number of carbonyl (C=O) groups is 2. The smallest absolute Gasteiger partial charge is 0.317 e. The van der Waals surface area contributed by atoms with Gasteiger partial charge >= 0.3 is 6.03 Å². The predicted molar refractivity (Wildman–Crippen MR) is 107 cm³/mol.